The standard InChI is InChI=1S/C13H20N4O4/c14-1-2-16-3-5-17(6-4-16)13(21)15-9-7-10(18)12(20)11(19)8-9/h7-8,18-20H,1-6,14H2,(H,15,21). The van der Waals surface area contributed by atoms with Gasteiger partial charge in [-0.15, -0.1) is 0 Å². The molecule has 6 N–H and O–H groups in total. The number of nitrogens with two attached hydrogens (primary N) is 1. The van der Waals surface area contributed by atoms with E-state index in [4.69, 9.17) is 5.73 Å². The Kier molecular flexibility index (Phi) is 4.71. The van der Waals surface area contributed by atoms with Crippen LogP contribution in [0, 0.1) is 0 Å². The van der Waals surface area contributed by atoms with E-state index in [9.17, 15) is 20.1 Å². The second kappa shape index (κ2) is 6.51. The smallest absolute Gasteiger partial charge is 0.321 e. The zero-order valence-corrected chi connectivity index (χ0v) is 11.6. The van der Waals surface area contributed by atoms with Crippen LogP contribution in [0.1, 0.15) is 0 Å². The minimum atomic E-state index is -0.608. The van der Waals surface area contributed by atoms with Crippen LogP contribution in [-0.4, -0.2) is 70.4 Å². The number of phenols is 3. The molecule has 0 saturated carbocycles. The largest absolute Gasteiger partial charge is 0.504 e. The number of carbonyl (C=O) groups excluding carboxylic acids is 1. The predicted molar refractivity (Wildman–Crippen MR) is 77.5 cm³/mol. The van der Waals surface area contributed by atoms with Crippen molar-refractivity contribution in [1.82, 2.24) is 9.80 Å². The Morgan fingerprint density at radius 1 is 1.14 bits per heavy atom. The van der Waals surface area contributed by atoms with Crippen molar-refractivity contribution < 1.29 is 20.1 Å². The normalized spacial score (nSPS) is 16.0. The number of rotatable bonds is 3. The van der Waals surface area contributed by atoms with Crippen LogP contribution < -0.4 is 11.1 Å². The molecular formula is C13H20N4O4. The van der Waals surface area contributed by atoms with E-state index in [1.807, 2.05) is 0 Å². The Hall–Kier alpha value is -2.19. The lowest BCUT2D eigenvalue weighted by atomic mass is 10.2. The number of carbonyl (C=O) groups is 1. The van der Waals surface area contributed by atoms with Crippen molar-refractivity contribution >= 4 is 11.7 Å². The number of hydrogen-bond acceptors (Lipinski definition) is 6. The fraction of sp³-hybridized carbons (Fsp3) is 0.462. The molecule has 1 heterocycles. The van der Waals surface area contributed by atoms with E-state index in [-0.39, 0.29) is 11.7 Å². The van der Waals surface area contributed by atoms with Crippen molar-refractivity contribution in [2.75, 3.05) is 44.6 Å². The molecule has 0 radical (unpaired) electrons. The minimum absolute atomic E-state index is 0.220. The molecule has 1 aliphatic heterocycles. The third-order valence-corrected chi connectivity index (χ3v) is 3.43. The minimum Gasteiger partial charge on any atom is -0.504 e. The zero-order chi connectivity index (χ0) is 15.4. The summed E-state index contributed by atoms with van der Waals surface area (Å²) in [5.74, 6) is -1.58. The topological polar surface area (TPSA) is 122 Å². The van der Waals surface area contributed by atoms with Gasteiger partial charge in [-0.2, -0.15) is 0 Å². The summed E-state index contributed by atoms with van der Waals surface area (Å²) in [7, 11) is 0. The number of nitrogens with zero attached hydrogens (tertiary/aromatic N) is 2. The second-order valence-electron chi connectivity index (χ2n) is 4.91. The van der Waals surface area contributed by atoms with Crippen molar-refractivity contribution in [3.8, 4) is 17.2 Å². The lowest BCUT2D eigenvalue weighted by molar-refractivity contribution is 0.149. The summed E-state index contributed by atoms with van der Waals surface area (Å²) in [6.45, 7) is 4.10. The van der Waals surface area contributed by atoms with Gasteiger partial charge in [0.1, 0.15) is 0 Å². The lowest BCUT2D eigenvalue weighted by Crippen LogP contribution is -2.50. The molecular weight excluding hydrogens is 276 g/mol. The van der Waals surface area contributed by atoms with Gasteiger partial charge in [-0.25, -0.2) is 4.79 Å². The number of amides is 2. The Morgan fingerprint density at radius 2 is 1.71 bits per heavy atom. The maximum absolute atomic E-state index is 12.1. The van der Waals surface area contributed by atoms with Gasteiger partial charge in [-0.3, -0.25) is 4.90 Å². The second-order valence-corrected chi connectivity index (χ2v) is 4.91. The average molecular weight is 296 g/mol. The molecule has 0 aromatic heterocycles. The summed E-state index contributed by atoms with van der Waals surface area (Å²) >= 11 is 0. The molecule has 8 nitrogen and oxygen atoms in total. The number of anilines is 1. The number of aromatic hydroxyl groups is 3. The SMILES string of the molecule is NCCN1CCN(C(=O)Nc2cc(O)c(O)c(O)c2)CC1. The van der Waals surface area contributed by atoms with E-state index >= 15 is 0 Å². The molecule has 1 aliphatic rings. The molecule has 0 aliphatic carbocycles. The van der Waals surface area contributed by atoms with E-state index in [0.717, 1.165) is 19.6 Å². The third kappa shape index (κ3) is 3.67. The van der Waals surface area contributed by atoms with E-state index in [2.05, 4.69) is 10.2 Å². The first-order valence-electron chi connectivity index (χ1n) is 6.74. The summed E-state index contributed by atoms with van der Waals surface area (Å²) < 4.78 is 0. The summed E-state index contributed by atoms with van der Waals surface area (Å²) in [4.78, 5) is 15.9. The Balaban J connectivity index is 1.93. The number of urea groups is 1. The molecule has 1 aromatic rings. The highest BCUT2D eigenvalue weighted by molar-refractivity contribution is 5.90. The van der Waals surface area contributed by atoms with E-state index < -0.39 is 17.2 Å². The summed E-state index contributed by atoms with van der Waals surface area (Å²) in [5, 5.41) is 30.6. The van der Waals surface area contributed by atoms with Gasteiger partial charge in [0.2, 0.25) is 0 Å². The van der Waals surface area contributed by atoms with Crippen LogP contribution in [-0.2, 0) is 0 Å². The first-order chi connectivity index (χ1) is 10.0. The number of hydrogen-bond donors (Lipinski definition) is 5. The van der Waals surface area contributed by atoms with E-state index in [0.29, 0.717) is 19.6 Å². The van der Waals surface area contributed by atoms with Gasteiger partial charge in [0.05, 0.1) is 5.69 Å². The van der Waals surface area contributed by atoms with Crippen LogP contribution in [0.15, 0.2) is 12.1 Å². The quantitative estimate of drug-likeness (QED) is 0.392. The van der Waals surface area contributed by atoms with Crippen LogP contribution in [0.2, 0.25) is 0 Å². The highest BCUT2D eigenvalue weighted by atomic mass is 16.3. The monoisotopic (exact) mass is 296 g/mol. The maximum atomic E-state index is 12.1. The van der Waals surface area contributed by atoms with E-state index in [1.165, 1.54) is 12.1 Å². The molecule has 1 fully saturated rings. The lowest BCUT2D eigenvalue weighted by Gasteiger charge is -2.34. The molecule has 0 spiro atoms. The van der Waals surface area contributed by atoms with Crippen molar-refractivity contribution in [3.05, 3.63) is 12.1 Å². The van der Waals surface area contributed by atoms with Crippen LogP contribution >= 0.6 is 0 Å². The van der Waals surface area contributed by atoms with Gasteiger partial charge in [-0.1, -0.05) is 0 Å². The summed E-state index contributed by atoms with van der Waals surface area (Å²) in [5.41, 5.74) is 5.71. The predicted octanol–water partition coefficient (Wildman–Crippen LogP) is -0.0884. The van der Waals surface area contributed by atoms with Gasteiger partial charge in [0.25, 0.3) is 0 Å². The highest BCUT2D eigenvalue weighted by Crippen LogP contribution is 2.37. The highest BCUT2D eigenvalue weighted by Gasteiger charge is 2.21. The number of piperazine rings is 1. The van der Waals surface area contributed by atoms with Crippen molar-refractivity contribution in [1.29, 1.82) is 0 Å². The van der Waals surface area contributed by atoms with Gasteiger partial charge in [0, 0.05) is 51.4 Å². The van der Waals surface area contributed by atoms with Crippen LogP contribution in [0.4, 0.5) is 10.5 Å². The fourth-order valence-corrected chi connectivity index (χ4v) is 2.24. The average Bonchev–Trinajstić information content (AvgIpc) is 2.45. The molecule has 0 unspecified atom stereocenters. The van der Waals surface area contributed by atoms with Crippen molar-refractivity contribution in [3.63, 3.8) is 0 Å². The first kappa shape index (κ1) is 15.2. The van der Waals surface area contributed by atoms with Gasteiger partial charge in [0.15, 0.2) is 17.2 Å². The van der Waals surface area contributed by atoms with Crippen LogP contribution in [0.5, 0.6) is 17.2 Å². The summed E-state index contributed by atoms with van der Waals surface area (Å²) in [6.07, 6.45) is 0. The molecule has 1 aromatic carbocycles. The van der Waals surface area contributed by atoms with Crippen LogP contribution in [0.25, 0.3) is 0 Å². The molecule has 21 heavy (non-hydrogen) atoms. The van der Waals surface area contributed by atoms with E-state index in [1.54, 1.807) is 4.90 Å². The van der Waals surface area contributed by atoms with Gasteiger partial charge in [-0.05, 0) is 0 Å². The first-order valence-corrected chi connectivity index (χ1v) is 6.74. The molecule has 8 heteroatoms. The molecule has 116 valence electrons. The Labute approximate surface area is 122 Å². The fourth-order valence-electron chi connectivity index (χ4n) is 2.24. The van der Waals surface area contributed by atoms with Gasteiger partial charge < -0.3 is 31.3 Å². The van der Waals surface area contributed by atoms with Crippen molar-refractivity contribution in [2.24, 2.45) is 5.73 Å². The van der Waals surface area contributed by atoms with Crippen molar-refractivity contribution in [2.45, 2.75) is 0 Å². The zero-order valence-electron chi connectivity index (χ0n) is 11.6. The molecule has 0 atom stereocenters. The molecule has 0 bridgehead atoms. The molecule has 2 amide bonds. The third-order valence-electron chi connectivity index (χ3n) is 3.43. The maximum Gasteiger partial charge on any atom is 0.321 e. The number of benzene rings is 1. The molecule has 1 saturated heterocycles. The Bertz CT molecular complexity index is 492. The number of phenolic OH excluding ortho intramolecular Hbond substituents is 3. The summed E-state index contributed by atoms with van der Waals surface area (Å²) in [6, 6.07) is 2.04. The molecule has 2 rings (SSSR count). The van der Waals surface area contributed by atoms with Gasteiger partial charge >= 0.3 is 6.03 Å². The van der Waals surface area contributed by atoms with Crippen LogP contribution in [0.3, 0.4) is 0 Å². The number of nitrogens with one attached hydrogen (secondary N) is 1. The Morgan fingerprint density at radius 3 is 2.24 bits per heavy atom.